The molecule has 0 unspecified atom stereocenters. The summed E-state index contributed by atoms with van der Waals surface area (Å²) in [6.45, 7) is 0. The quantitative estimate of drug-likeness (QED) is 0.759. The topological polar surface area (TPSA) is 67.3 Å². The van der Waals surface area contributed by atoms with Crippen molar-refractivity contribution >= 4 is 23.2 Å². The molecule has 0 aliphatic carbocycles. The van der Waals surface area contributed by atoms with Gasteiger partial charge >= 0.3 is 0 Å². The van der Waals surface area contributed by atoms with Crippen LogP contribution in [0.15, 0.2) is 24.4 Å². The molecule has 7 heteroatoms. The van der Waals surface area contributed by atoms with E-state index in [1.54, 1.807) is 6.20 Å². The molecule has 0 spiro atoms. The van der Waals surface area contributed by atoms with E-state index in [0.29, 0.717) is 5.82 Å². The predicted molar refractivity (Wildman–Crippen MR) is 54.0 cm³/mol. The molecule has 5 nitrogen and oxygen atoms in total. The van der Waals surface area contributed by atoms with Gasteiger partial charge in [-0.25, -0.2) is 0 Å². The molecule has 2 rings (SSSR count). The summed E-state index contributed by atoms with van der Waals surface area (Å²) in [7, 11) is 0. The minimum Gasteiger partial charge on any atom is -0.253 e. The predicted octanol–water partition coefficient (Wildman–Crippen LogP) is 1.68. The van der Waals surface area contributed by atoms with Crippen molar-refractivity contribution in [2.45, 2.75) is 0 Å². The Labute approximate surface area is 90.5 Å². The van der Waals surface area contributed by atoms with E-state index in [9.17, 15) is 0 Å². The van der Waals surface area contributed by atoms with Gasteiger partial charge in [-0.1, -0.05) is 6.07 Å². The van der Waals surface area contributed by atoms with Gasteiger partial charge in [0.25, 0.3) is 0 Å². The number of aromatic nitrogens is 5. The highest BCUT2D eigenvalue weighted by molar-refractivity contribution is 6.40. The molecule has 1 N–H and O–H groups in total. The van der Waals surface area contributed by atoms with Crippen LogP contribution in [0.1, 0.15) is 0 Å². The van der Waals surface area contributed by atoms with Crippen LogP contribution >= 0.6 is 23.2 Å². The van der Waals surface area contributed by atoms with Gasteiger partial charge in [-0.3, -0.25) is 4.98 Å². The molecular formula is C7H7Cl2N5. The van der Waals surface area contributed by atoms with Crippen LogP contribution in [0.3, 0.4) is 0 Å². The number of hydrogen-bond acceptors (Lipinski definition) is 4. The van der Waals surface area contributed by atoms with E-state index in [1.165, 1.54) is 0 Å². The van der Waals surface area contributed by atoms with Crippen molar-refractivity contribution in [3.05, 3.63) is 24.4 Å². The number of aromatic amines is 1. The average Bonchev–Trinajstić information content (AvgIpc) is 2.73. The Hall–Kier alpha value is -1.20. The van der Waals surface area contributed by atoms with E-state index in [0.717, 1.165) is 5.69 Å². The van der Waals surface area contributed by atoms with Crippen LogP contribution in [0, 0.1) is 0 Å². The molecular weight excluding hydrogens is 225 g/mol. The molecule has 2 heterocycles. The van der Waals surface area contributed by atoms with Gasteiger partial charge in [0.2, 0.25) is 5.82 Å². The van der Waals surface area contributed by atoms with E-state index < -0.39 is 0 Å². The van der Waals surface area contributed by atoms with Crippen molar-refractivity contribution < 1.29 is 0 Å². The van der Waals surface area contributed by atoms with Crippen molar-refractivity contribution in [3.8, 4) is 11.5 Å². The van der Waals surface area contributed by atoms with Crippen LogP contribution in [0.25, 0.3) is 11.5 Å². The Morgan fingerprint density at radius 1 is 1.29 bits per heavy atom. The first-order valence-electron chi connectivity index (χ1n) is 3.65. The van der Waals surface area contributed by atoms with E-state index in [-0.39, 0.29) is 5.34 Å². The first kappa shape index (κ1) is 10.9. The second-order valence-corrected chi connectivity index (χ2v) is 2.86. The Morgan fingerprint density at radius 2 is 2.07 bits per heavy atom. The lowest BCUT2D eigenvalue weighted by Crippen LogP contribution is -1.83. The second-order valence-electron chi connectivity index (χ2n) is 2.05. The molecule has 0 radical (unpaired) electrons. The Morgan fingerprint density at radius 3 is 2.57 bits per heavy atom. The summed E-state index contributed by atoms with van der Waals surface area (Å²) in [4.78, 5) is 4.04. The fraction of sp³-hybridized carbons (Fsp3) is 0.143. The van der Waals surface area contributed by atoms with Gasteiger partial charge in [0, 0.05) is 6.20 Å². The van der Waals surface area contributed by atoms with Crippen LogP contribution < -0.4 is 0 Å². The molecule has 0 aromatic carbocycles. The summed E-state index contributed by atoms with van der Waals surface area (Å²) >= 11 is 9.53. The van der Waals surface area contributed by atoms with Crippen LogP contribution in [0.5, 0.6) is 0 Å². The third kappa shape index (κ3) is 3.27. The van der Waals surface area contributed by atoms with Crippen LogP contribution in [-0.2, 0) is 0 Å². The minimum atomic E-state index is 0.194. The first-order valence-corrected chi connectivity index (χ1v) is 4.72. The van der Waals surface area contributed by atoms with Crippen molar-refractivity contribution in [3.63, 3.8) is 0 Å². The maximum atomic E-state index is 4.76. The van der Waals surface area contributed by atoms with Gasteiger partial charge in [0.05, 0.1) is 5.34 Å². The smallest absolute Gasteiger partial charge is 0.222 e. The number of nitrogens with one attached hydrogen (secondary N) is 1. The Balaban J connectivity index is 0.000000293. The van der Waals surface area contributed by atoms with Crippen molar-refractivity contribution in [1.82, 2.24) is 25.6 Å². The highest BCUT2D eigenvalue weighted by atomic mass is 35.5. The van der Waals surface area contributed by atoms with Gasteiger partial charge in [-0.15, -0.1) is 33.4 Å². The van der Waals surface area contributed by atoms with Crippen LogP contribution in [0.2, 0.25) is 0 Å². The van der Waals surface area contributed by atoms with Crippen LogP contribution in [-0.4, -0.2) is 30.9 Å². The molecule has 0 aliphatic heterocycles. The summed E-state index contributed by atoms with van der Waals surface area (Å²) in [5, 5.41) is 13.5. The molecule has 0 saturated heterocycles. The number of tetrazole rings is 1. The third-order valence-electron chi connectivity index (χ3n) is 1.24. The SMILES string of the molecule is ClCCl.c1ccc(-c2nn[nH]n2)nc1. The molecule has 2 aromatic rings. The average molecular weight is 232 g/mol. The highest BCUT2D eigenvalue weighted by Gasteiger charge is 2.00. The van der Waals surface area contributed by atoms with Crippen molar-refractivity contribution in [2.75, 3.05) is 5.34 Å². The molecule has 0 saturated carbocycles. The number of pyridine rings is 1. The number of nitrogens with zero attached hydrogens (tertiary/aromatic N) is 4. The number of rotatable bonds is 1. The summed E-state index contributed by atoms with van der Waals surface area (Å²) in [5.74, 6) is 0.519. The molecule has 0 atom stereocenters. The summed E-state index contributed by atoms with van der Waals surface area (Å²) in [6.07, 6.45) is 1.69. The molecule has 74 valence electrons. The van der Waals surface area contributed by atoms with Gasteiger partial charge in [0.1, 0.15) is 5.69 Å². The molecule has 0 aliphatic rings. The van der Waals surface area contributed by atoms with Crippen molar-refractivity contribution in [1.29, 1.82) is 0 Å². The Bertz CT molecular complexity index is 336. The lowest BCUT2D eigenvalue weighted by Gasteiger charge is -1.88. The van der Waals surface area contributed by atoms with Crippen LogP contribution in [0.4, 0.5) is 0 Å². The molecule has 0 fully saturated rings. The summed E-state index contributed by atoms with van der Waals surface area (Å²) < 4.78 is 0. The molecule has 0 amide bonds. The summed E-state index contributed by atoms with van der Waals surface area (Å²) in [5.41, 5.74) is 0.723. The number of hydrogen-bond donors (Lipinski definition) is 1. The monoisotopic (exact) mass is 231 g/mol. The molecule has 0 bridgehead atoms. The fourth-order valence-electron chi connectivity index (χ4n) is 0.765. The third-order valence-corrected chi connectivity index (χ3v) is 1.24. The van der Waals surface area contributed by atoms with E-state index >= 15 is 0 Å². The van der Waals surface area contributed by atoms with Gasteiger partial charge in [-0.05, 0) is 17.3 Å². The van der Waals surface area contributed by atoms with Gasteiger partial charge in [0.15, 0.2) is 0 Å². The maximum Gasteiger partial charge on any atom is 0.222 e. The molecule has 14 heavy (non-hydrogen) atoms. The second kappa shape index (κ2) is 6.28. The number of halogens is 2. The largest absolute Gasteiger partial charge is 0.253 e. The zero-order chi connectivity index (χ0) is 10.2. The highest BCUT2D eigenvalue weighted by Crippen LogP contribution is 2.06. The van der Waals surface area contributed by atoms with E-state index in [2.05, 4.69) is 25.6 Å². The zero-order valence-electron chi connectivity index (χ0n) is 7.06. The molecule has 2 aromatic heterocycles. The van der Waals surface area contributed by atoms with E-state index in [4.69, 9.17) is 23.2 Å². The van der Waals surface area contributed by atoms with Gasteiger partial charge in [-0.2, -0.15) is 5.21 Å². The lowest BCUT2D eigenvalue weighted by atomic mass is 10.3. The summed E-state index contributed by atoms with van der Waals surface area (Å²) in [6, 6.07) is 5.53. The standard InChI is InChI=1S/C6H5N5.CH2Cl2/c1-2-4-7-5(3-1)6-8-10-11-9-6;2-1-3/h1-4H,(H,8,9,10,11);1H2. The van der Waals surface area contributed by atoms with E-state index in [1.807, 2.05) is 18.2 Å². The number of alkyl halides is 2. The lowest BCUT2D eigenvalue weighted by molar-refractivity contribution is 0.881. The zero-order valence-corrected chi connectivity index (χ0v) is 8.57. The van der Waals surface area contributed by atoms with Gasteiger partial charge < -0.3 is 0 Å². The normalized spacial score (nSPS) is 9.00. The number of H-pyrrole nitrogens is 1. The van der Waals surface area contributed by atoms with Crippen molar-refractivity contribution in [2.24, 2.45) is 0 Å². The Kier molecular flexibility index (Phi) is 4.88. The minimum absolute atomic E-state index is 0.194. The fourth-order valence-corrected chi connectivity index (χ4v) is 0.765. The maximum absolute atomic E-state index is 4.76. The first-order chi connectivity index (χ1) is 6.88.